The molecule has 0 fully saturated rings. The minimum absolute atomic E-state index is 0.395. The quantitative estimate of drug-likeness (QED) is 0.599. The SMILES string of the molecule is COCCCN(Cc1cccn1C)C[C@@H](O)COCC(C)C. The maximum atomic E-state index is 10.2. The standard InChI is InChI=1S/C17H32N2O3/c1-15(2)13-22-14-17(20)12-19(9-6-10-21-4)11-16-7-5-8-18(16)3/h5,7-8,15,17,20H,6,9-14H2,1-4H3/t17-/m1/s1. The van der Waals surface area contributed by atoms with Gasteiger partial charge in [0.2, 0.25) is 0 Å². The Bertz CT molecular complexity index is 393. The lowest BCUT2D eigenvalue weighted by Crippen LogP contribution is -2.36. The Balaban J connectivity index is 2.44. The van der Waals surface area contributed by atoms with E-state index in [4.69, 9.17) is 9.47 Å². The number of aromatic nitrogens is 1. The van der Waals surface area contributed by atoms with Gasteiger partial charge >= 0.3 is 0 Å². The molecule has 0 bridgehead atoms. The van der Waals surface area contributed by atoms with E-state index in [0.29, 0.717) is 25.7 Å². The predicted octanol–water partition coefficient (Wildman–Crippen LogP) is 1.90. The van der Waals surface area contributed by atoms with Gasteiger partial charge in [0, 0.05) is 58.9 Å². The van der Waals surface area contributed by atoms with Crippen molar-refractivity contribution in [3.05, 3.63) is 24.0 Å². The molecule has 1 atom stereocenters. The van der Waals surface area contributed by atoms with E-state index in [1.165, 1.54) is 5.69 Å². The summed E-state index contributed by atoms with van der Waals surface area (Å²) in [5.41, 5.74) is 1.24. The van der Waals surface area contributed by atoms with E-state index >= 15 is 0 Å². The second-order valence-corrected chi connectivity index (χ2v) is 6.28. The highest BCUT2D eigenvalue weighted by molar-refractivity contribution is 5.06. The monoisotopic (exact) mass is 312 g/mol. The van der Waals surface area contributed by atoms with Crippen LogP contribution in [0, 0.1) is 5.92 Å². The fraction of sp³-hybridized carbons (Fsp3) is 0.765. The Kier molecular flexibility index (Phi) is 9.39. The molecule has 0 unspecified atom stereocenters. The predicted molar refractivity (Wildman–Crippen MR) is 88.8 cm³/mol. The molecular weight excluding hydrogens is 280 g/mol. The lowest BCUT2D eigenvalue weighted by molar-refractivity contribution is 0.00551. The molecule has 1 aromatic heterocycles. The molecule has 0 aliphatic carbocycles. The summed E-state index contributed by atoms with van der Waals surface area (Å²) in [6.07, 6.45) is 2.55. The van der Waals surface area contributed by atoms with E-state index in [1.807, 2.05) is 19.3 Å². The first-order valence-electron chi connectivity index (χ1n) is 8.10. The molecule has 5 nitrogen and oxygen atoms in total. The molecule has 0 spiro atoms. The molecule has 1 aromatic rings. The fourth-order valence-electron chi connectivity index (χ4n) is 2.35. The summed E-state index contributed by atoms with van der Waals surface area (Å²) < 4.78 is 12.8. The van der Waals surface area contributed by atoms with Crippen LogP contribution in [-0.4, -0.2) is 60.7 Å². The molecule has 5 heteroatoms. The zero-order valence-corrected chi connectivity index (χ0v) is 14.5. The van der Waals surface area contributed by atoms with E-state index in [-0.39, 0.29) is 0 Å². The van der Waals surface area contributed by atoms with Crippen molar-refractivity contribution in [1.82, 2.24) is 9.47 Å². The second kappa shape index (κ2) is 10.8. The number of aliphatic hydroxyl groups excluding tert-OH is 1. The van der Waals surface area contributed by atoms with Crippen molar-refractivity contribution >= 4 is 0 Å². The van der Waals surface area contributed by atoms with Gasteiger partial charge in [0.1, 0.15) is 0 Å². The molecule has 0 saturated heterocycles. The third-order valence-electron chi connectivity index (χ3n) is 3.49. The third-order valence-corrected chi connectivity index (χ3v) is 3.49. The molecule has 0 saturated carbocycles. The van der Waals surface area contributed by atoms with Crippen LogP contribution >= 0.6 is 0 Å². The molecule has 0 aliphatic heterocycles. The lowest BCUT2D eigenvalue weighted by Gasteiger charge is -2.25. The highest BCUT2D eigenvalue weighted by Crippen LogP contribution is 2.07. The summed E-state index contributed by atoms with van der Waals surface area (Å²) in [6.45, 7) is 8.40. The van der Waals surface area contributed by atoms with Crippen molar-refractivity contribution in [2.45, 2.75) is 32.9 Å². The maximum absolute atomic E-state index is 10.2. The Morgan fingerprint density at radius 1 is 1.32 bits per heavy atom. The number of ether oxygens (including phenoxy) is 2. The number of hydrogen-bond donors (Lipinski definition) is 1. The zero-order chi connectivity index (χ0) is 16.4. The van der Waals surface area contributed by atoms with Crippen LogP contribution < -0.4 is 0 Å². The first-order chi connectivity index (χ1) is 10.5. The molecule has 1 N–H and O–H groups in total. The summed E-state index contributed by atoms with van der Waals surface area (Å²) in [7, 11) is 3.76. The van der Waals surface area contributed by atoms with Crippen LogP contribution in [0.3, 0.4) is 0 Å². The summed E-state index contributed by atoms with van der Waals surface area (Å²) in [5, 5.41) is 10.2. The minimum atomic E-state index is -0.457. The smallest absolute Gasteiger partial charge is 0.0900 e. The summed E-state index contributed by atoms with van der Waals surface area (Å²) >= 11 is 0. The Morgan fingerprint density at radius 2 is 2.09 bits per heavy atom. The van der Waals surface area contributed by atoms with E-state index < -0.39 is 6.10 Å². The number of nitrogens with zero attached hydrogens (tertiary/aromatic N) is 2. The van der Waals surface area contributed by atoms with E-state index in [1.54, 1.807) is 7.11 Å². The molecule has 128 valence electrons. The van der Waals surface area contributed by atoms with Gasteiger partial charge in [-0.25, -0.2) is 0 Å². The van der Waals surface area contributed by atoms with Crippen LogP contribution in [0.5, 0.6) is 0 Å². The van der Waals surface area contributed by atoms with E-state index in [2.05, 4.69) is 29.4 Å². The van der Waals surface area contributed by atoms with Gasteiger partial charge in [-0.15, -0.1) is 0 Å². The first-order valence-corrected chi connectivity index (χ1v) is 8.10. The number of hydrogen-bond acceptors (Lipinski definition) is 4. The van der Waals surface area contributed by atoms with Crippen molar-refractivity contribution < 1.29 is 14.6 Å². The second-order valence-electron chi connectivity index (χ2n) is 6.28. The maximum Gasteiger partial charge on any atom is 0.0900 e. The van der Waals surface area contributed by atoms with Gasteiger partial charge < -0.3 is 19.1 Å². The molecule has 1 rings (SSSR count). The van der Waals surface area contributed by atoms with Crippen molar-refractivity contribution in [2.75, 3.05) is 40.0 Å². The van der Waals surface area contributed by atoms with Crippen molar-refractivity contribution in [3.8, 4) is 0 Å². The largest absolute Gasteiger partial charge is 0.389 e. The summed E-state index contributed by atoms with van der Waals surface area (Å²) in [5.74, 6) is 0.494. The Labute approximate surface area is 134 Å². The number of rotatable bonds is 12. The van der Waals surface area contributed by atoms with Crippen LogP contribution in [-0.2, 0) is 23.1 Å². The van der Waals surface area contributed by atoms with Crippen molar-refractivity contribution in [2.24, 2.45) is 13.0 Å². The molecule has 0 aliphatic rings. The Morgan fingerprint density at radius 3 is 2.68 bits per heavy atom. The van der Waals surface area contributed by atoms with Gasteiger partial charge in [0.25, 0.3) is 0 Å². The summed E-state index contributed by atoms with van der Waals surface area (Å²) in [4.78, 5) is 2.26. The van der Waals surface area contributed by atoms with Crippen LogP contribution in [0.25, 0.3) is 0 Å². The molecule has 1 heterocycles. The topological polar surface area (TPSA) is 46.9 Å². The number of aryl methyl sites for hydroxylation is 1. The highest BCUT2D eigenvalue weighted by atomic mass is 16.5. The average molecular weight is 312 g/mol. The molecular formula is C17H32N2O3. The van der Waals surface area contributed by atoms with E-state index in [0.717, 1.165) is 26.1 Å². The van der Waals surface area contributed by atoms with Gasteiger partial charge in [0.05, 0.1) is 12.7 Å². The van der Waals surface area contributed by atoms with Gasteiger partial charge in [-0.2, -0.15) is 0 Å². The van der Waals surface area contributed by atoms with E-state index in [9.17, 15) is 5.11 Å². The average Bonchev–Trinajstić information content (AvgIpc) is 2.84. The van der Waals surface area contributed by atoms with Gasteiger partial charge in [0.15, 0.2) is 0 Å². The number of methoxy groups -OCH3 is 1. The summed E-state index contributed by atoms with van der Waals surface area (Å²) in [6, 6.07) is 4.16. The van der Waals surface area contributed by atoms with Crippen molar-refractivity contribution in [3.63, 3.8) is 0 Å². The van der Waals surface area contributed by atoms with Crippen LogP contribution in [0.1, 0.15) is 26.0 Å². The Hall–Kier alpha value is -0.880. The van der Waals surface area contributed by atoms with Gasteiger partial charge in [-0.1, -0.05) is 13.8 Å². The fourth-order valence-corrected chi connectivity index (χ4v) is 2.35. The molecule has 22 heavy (non-hydrogen) atoms. The minimum Gasteiger partial charge on any atom is -0.389 e. The van der Waals surface area contributed by atoms with Crippen LogP contribution in [0.4, 0.5) is 0 Å². The lowest BCUT2D eigenvalue weighted by atomic mass is 10.2. The molecule has 0 aromatic carbocycles. The third kappa shape index (κ3) is 7.94. The van der Waals surface area contributed by atoms with Crippen LogP contribution in [0.15, 0.2) is 18.3 Å². The van der Waals surface area contributed by atoms with Gasteiger partial charge in [-0.05, 0) is 24.5 Å². The molecule has 0 radical (unpaired) electrons. The van der Waals surface area contributed by atoms with Gasteiger partial charge in [-0.3, -0.25) is 4.90 Å². The molecule has 0 amide bonds. The first kappa shape index (κ1) is 19.2. The van der Waals surface area contributed by atoms with Crippen molar-refractivity contribution in [1.29, 1.82) is 0 Å². The van der Waals surface area contributed by atoms with Crippen LogP contribution in [0.2, 0.25) is 0 Å². The normalized spacial score (nSPS) is 13.2. The highest BCUT2D eigenvalue weighted by Gasteiger charge is 2.14. The number of aliphatic hydroxyl groups is 1. The zero-order valence-electron chi connectivity index (χ0n) is 14.5.